The Morgan fingerprint density at radius 2 is 1.44 bits per heavy atom. The van der Waals surface area contributed by atoms with Gasteiger partial charge in [-0.3, -0.25) is 0 Å². The monoisotopic (exact) mass is 350 g/mol. The first-order valence-electron chi connectivity index (χ1n) is 7.66. The van der Waals surface area contributed by atoms with Crippen molar-refractivity contribution in [3.05, 3.63) is 84.9 Å². The van der Waals surface area contributed by atoms with E-state index >= 15 is 0 Å². The van der Waals surface area contributed by atoms with Gasteiger partial charge in [0.1, 0.15) is 0 Å². The van der Waals surface area contributed by atoms with Gasteiger partial charge in [-0.2, -0.15) is 0 Å². The fourth-order valence-electron chi connectivity index (χ4n) is 2.01. The molecule has 0 aliphatic carbocycles. The van der Waals surface area contributed by atoms with E-state index in [-0.39, 0.29) is 0 Å². The maximum Gasteiger partial charge on any atom is 0.0554 e. The minimum Gasteiger partial charge on any atom is -0.399 e. The number of nitrogen functional groups attached to an aromatic ring is 3. The Kier molecular flexibility index (Phi) is 6.37. The van der Waals surface area contributed by atoms with Crippen LogP contribution in [0.5, 0.6) is 0 Å². The normalized spacial score (nSPS) is 9.64. The van der Waals surface area contributed by atoms with E-state index < -0.39 is 0 Å². The summed E-state index contributed by atoms with van der Waals surface area (Å²) in [6.45, 7) is 3.99. The smallest absolute Gasteiger partial charge is 0.0554 e. The van der Waals surface area contributed by atoms with Gasteiger partial charge in [-0.05, 0) is 54.1 Å². The second kappa shape index (κ2) is 8.70. The van der Waals surface area contributed by atoms with Crippen LogP contribution >= 0.6 is 12.6 Å². The molecule has 3 rings (SSSR count). The van der Waals surface area contributed by atoms with Gasteiger partial charge in [0.15, 0.2) is 0 Å². The van der Waals surface area contributed by atoms with E-state index in [1.54, 1.807) is 12.1 Å². The second-order valence-corrected chi connectivity index (χ2v) is 5.92. The lowest BCUT2D eigenvalue weighted by molar-refractivity contribution is 1.45. The van der Waals surface area contributed by atoms with Crippen LogP contribution in [-0.4, -0.2) is 0 Å². The standard InChI is InChI=1S/C14H15N3S.C6H7N/c1-9(10-2-7-13(15)14(16)8-10)17-11-3-5-12(18)6-4-11;7-6-4-2-1-3-5-6/h2-8,17-18H,1,15-16H2;1-5H,7H2. The Bertz CT molecular complexity index is 830. The van der Waals surface area contributed by atoms with Gasteiger partial charge in [0, 0.05) is 22.0 Å². The predicted octanol–water partition coefficient (Wildman–Crippen LogP) is 4.49. The molecule has 128 valence electrons. The number of rotatable bonds is 3. The molecule has 3 aromatic carbocycles. The lowest BCUT2D eigenvalue weighted by Gasteiger charge is -2.11. The lowest BCUT2D eigenvalue weighted by Crippen LogP contribution is -2.00. The van der Waals surface area contributed by atoms with E-state index in [0.717, 1.165) is 27.5 Å². The Morgan fingerprint density at radius 3 is 1.96 bits per heavy atom. The number of hydrogen-bond acceptors (Lipinski definition) is 5. The third-order valence-electron chi connectivity index (χ3n) is 3.40. The number of hydrogen-bond donors (Lipinski definition) is 5. The van der Waals surface area contributed by atoms with Crippen LogP contribution in [0.15, 0.2) is 84.3 Å². The van der Waals surface area contributed by atoms with Crippen molar-refractivity contribution < 1.29 is 0 Å². The minimum atomic E-state index is 0.557. The van der Waals surface area contributed by atoms with Crippen LogP contribution in [0.3, 0.4) is 0 Å². The summed E-state index contributed by atoms with van der Waals surface area (Å²) in [4.78, 5) is 0.919. The lowest BCUT2D eigenvalue weighted by atomic mass is 10.1. The summed E-state index contributed by atoms with van der Waals surface area (Å²) in [5, 5.41) is 3.21. The molecular formula is C20H22N4S. The fourth-order valence-corrected chi connectivity index (χ4v) is 2.16. The highest BCUT2D eigenvalue weighted by Crippen LogP contribution is 2.23. The van der Waals surface area contributed by atoms with Crippen molar-refractivity contribution in [1.29, 1.82) is 0 Å². The summed E-state index contributed by atoms with van der Waals surface area (Å²) in [5.74, 6) is 0. The van der Waals surface area contributed by atoms with Crippen molar-refractivity contribution in [1.82, 2.24) is 0 Å². The number of nitrogens with one attached hydrogen (secondary N) is 1. The zero-order chi connectivity index (χ0) is 18.2. The topological polar surface area (TPSA) is 90.1 Å². The molecule has 0 aliphatic rings. The molecule has 0 bridgehead atoms. The number of anilines is 4. The maximum atomic E-state index is 5.77. The SMILES string of the molecule is C=C(Nc1ccc(S)cc1)c1ccc(N)c(N)c1.Nc1ccccc1. The molecule has 0 atom stereocenters. The summed E-state index contributed by atoms with van der Waals surface area (Å²) in [7, 11) is 0. The molecule has 5 heteroatoms. The summed E-state index contributed by atoms with van der Waals surface area (Å²) in [6, 6.07) is 22.6. The van der Waals surface area contributed by atoms with Gasteiger partial charge in [0.2, 0.25) is 0 Å². The van der Waals surface area contributed by atoms with Gasteiger partial charge in [-0.15, -0.1) is 12.6 Å². The first-order valence-corrected chi connectivity index (χ1v) is 8.11. The van der Waals surface area contributed by atoms with E-state index in [1.807, 2.05) is 60.7 Å². The predicted molar refractivity (Wildman–Crippen MR) is 112 cm³/mol. The van der Waals surface area contributed by atoms with Crippen LogP contribution < -0.4 is 22.5 Å². The third kappa shape index (κ3) is 5.82. The highest BCUT2D eigenvalue weighted by Gasteiger charge is 2.02. The van der Waals surface area contributed by atoms with Crippen molar-refractivity contribution in [2.75, 3.05) is 22.5 Å². The van der Waals surface area contributed by atoms with Crippen molar-refractivity contribution in [3.8, 4) is 0 Å². The highest BCUT2D eigenvalue weighted by molar-refractivity contribution is 7.80. The van der Waals surface area contributed by atoms with Crippen LogP contribution in [-0.2, 0) is 0 Å². The number of nitrogens with two attached hydrogens (primary N) is 3. The molecule has 4 nitrogen and oxygen atoms in total. The van der Waals surface area contributed by atoms with Crippen molar-refractivity contribution in [2.24, 2.45) is 0 Å². The minimum absolute atomic E-state index is 0.557. The fraction of sp³-hybridized carbons (Fsp3) is 0. The summed E-state index contributed by atoms with van der Waals surface area (Å²) < 4.78 is 0. The molecule has 0 fully saturated rings. The first-order chi connectivity index (χ1) is 12.0. The summed E-state index contributed by atoms with van der Waals surface area (Å²) in [6.07, 6.45) is 0. The molecule has 0 heterocycles. The molecule has 0 aromatic heterocycles. The number of para-hydroxylation sites is 1. The van der Waals surface area contributed by atoms with Gasteiger partial charge in [-0.25, -0.2) is 0 Å². The molecule has 0 spiro atoms. The molecule has 0 unspecified atom stereocenters. The van der Waals surface area contributed by atoms with E-state index in [1.165, 1.54) is 0 Å². The molecule has 3 aromatic rings. The molecule has 0 radical (unpaired) electrons. The quantitative estimate of drug-likeness (QED) is 0.355. The van der Waals surface area contributed by atoms with Crippen molar-refractivity contribution >= 4 is 41.1 Å². The largest absolute Gasteiger partial charge is 0.399 e. The molecule has 0 saturated heterocycles. The van der Waals surface area contributed by atoms with Crippen molar-refractivity contribution in [2.45, 2.75) is 4.90 Å². The van der Waals surface area contributed by atoms with E-state index in [9.17, 15) is 0 Å². The summed E-state index contributed by atoms with van der Waals surface area (Å²) in [5.41, 5.74) is 21.4. The van der Waals surface area contributed by atoms with E-state index in [4.69, 9.17) is 17.2 Å². The molecule has 0 aliphatic heterocycles. The Morgan fingerprint density at radius 1 is 0.800 bits per heavy atom. The molecular weight excluding hydrogens is 328 g/mol. The molecule has 0 amide bonds. The van der Waals surface area contributed by atoms with Gasteiger partial charge in [-0.1, -0.05) is 30.8 Å². The van der Waals surface area contributed by atoms with E-state index in [0.29, 0.717) is 11.4 Å². The molecule has 25 heavy (non-hydrogen) atoms. The number of benzene rings is 3. The Hall–Kier alpha value is -3.05. The van der Waals surface area contributed by atoms with Gasteiger partial charge in [0.05, 0.1) is 11.4 Å². The molecule has 7 N–H and O–H groups in total. The average molecular weight is 350 g/mol. The van der Waals surface area contributed by atoms with Gasteiger partial charge < -0.3 is 22.5 Å². The Labute approximate surface area is 153 Å². The van der Waals surface area contributed by atoms with Crippen LogP contribution in [0.25, 0.3) is 5.70 Å². The second-order valence-electron chi connectivity index (χ2n) is 5.40. The van der Waals surface area contributed by atoms with Gasteiger partial charge in [0.25, 0.3) is 0 Å². The third-order valence-corrected chi connectivity index (χ3v) is 3.70. The first kappa shape index (κ1) is 18.3. The van der Waals surface area contributed by atoms with Gasteiger partial charge >= 0.3 is 0 Å². The highest BCUT2D eigenvalue weighted by atomic mass is 32.1. The number of thiol groups is 1. The molecule has 0 saturated carbocycles. The van der Waals surface area contributed by atoms with Crippen LogP contribution in [0.1, 0.15) is 5.56 Å². The summed E-state index contributed by atoms with van der Waals surface area (Å²) >= 11 is 4.24. The van der Waals surface area contributed by atoms with Crippen molar-refractivity contribution in [3.63, 3.8) is 0 Å². The van der Waals surface area contributed by atoms with E-state index in [2.05, 4.69) is 24.5 Å². The Balaban J connectivity index is 0.000000269. The van der Waals surface area contributed by atoms with Crippen LogP contribution in [0, 0.1) is 0 Å². The average Bonchev–Trinajstić information content (AvgIpc) is 2.60. The van der Waals surface area contributed by atoms with Crippen LogP contribution in [0.4, 0.5) is 22.7 Å². The van der Waals surface area contributed by atoms with Crippen LogP contribution in [0.2, 0.25) is 0 Å². The zero-order valence-electron chi connectivity index (χ0n) is 13.8. The zero-order valence-corrected chi connectivity index (χ0v) is 14.7. The maximum absolute atomic E-state index is 5.77.